The zero-order chi connectivity index (χ0) is 13.4. The minimum absolute atomic E-state index is 0.191. The molecule has 0 heterocycles. The number of rotatable bonds is 2. The Bertz CT molecular complexity index is 498. The summed E-state index contributed by atoms with van der Waals surface area (Å²) in [6.07, 6.45) is 5.39. The molecule has 0 saturated heterocycles. The highest BCUT2D eigenvalue weighted by Gasteiger charge is 2.31. The number of halogens is 3. The van der Waals surface area contributed by atoms with Crippen LogP contribution in [0, 0.1) is 33.1 Å². The lowest BCUT2D eigenvalue weighted by atomic mass is 9.72. The van der Waals surface area contributed by atoms with Gasteiger partial charge in [-0.25, -0.2) is 0 Å². The van der Waals surface area contributed by atoms with Gasteiger partial charge in [-0.2, -0.15) is 0 Å². The molecule has 0 saturated carbocycles. The first-order valence-corrected chi connectivity index (χ1v) is 5.61. The van der Waals surface area contributed by atoms with E-state index in [1.807, 2.05) is 0 Å². The van der Waals surface area contributed by atoms with Crippen LogP contribution in [0.15, 0.2) is 4.90 Å². The van der Waals surface area contributed by atoms with Crippen molar-refractivity contribution < 1.29 is 12.9 Å². The summed E-state index contributed by atoms with van der Waals surface area (Å²) < 4.78 is 39.1. The largest absolute Gasteiger partial charge is 0.510 e. The van der Waals surface area contributed by atoms with E-state index in [0.717, 1.165) is 5.56 Å². The van der Waals surface area contributed by atoms with Crippen molar-refractivity contribution in [2.24, 2.45) is 0 Å². The van der Waals surface area contributed by atoms with E-state index in [1.165, 1.54) is 13.8 Å². The minimum atomic E-state index is -5.04. The van der Waals surface area contributed by atoms with Gasteiger partial charge in [0.05, 0.1) is 0 Å². The molecule has 92 valence electrons. The summed E-state index contributed by atoms with van der Waals surface area (Å²) in [6.45, 7) is -0.360. The maximum absolute atomic E-state index is 13.0. The van der Waals surface area contributed by atoms with Crippen LogP contribution >= 0.6 is 12.6 Å². The molecule has 0 N–H and O–H groups in total. The molecule has 1 rings (SSSR count). The van der Waals surface area contributed by atoms with Crippen LogP contribution in [0.25, 0.3) is 0 Å². The van der Waals surface area contributed by atoms with Crippen LogP contribution in [0.4, 0.5) is 12.9 Å². The topological polar surface area (TPSA) is 0 Å². The highest BCUT2D eigenvalue weighted by Crippen LogP contribution is 2.27. The lowest BCUT2D eigenvalue weighted by molar-refractivity contribution is 0.499. The molecule has 17 heavy (non-hydrogen) atoms. The lowest BCUT2D eigenvalue weighted by Gasteiger charge is -2.26. The molecule has 0 fully saturated rings. The minimum Gasteiger partial charge on any atom is -0.445 e. The molecule has 0 atom stereocenters. The molecular formula is C12H13BF3S-. The van der Waals surface area contributed by atoms with Crippen molar-refractivity contribution in [3.63, 3.8) is 0 Å². The van der Waals surface area contributed by atoms with Crippen LogP contribution in [0.5, 0.6) is 0 Å². The average Bonchev–Trinajstić information content (AvgIpc) is 2.19. The van der Waals surface area contributed by atoms with Crippen molar-refractivity contribution in [3.8, 4) is 12.3 Å². The SMILES string of the molecule is C#CCc1c(C)c(S)c(C)c([B-](F)(F)F)c1C. The fourth-order valence-electron chi connectivity index (χ4n) is 2.14. The number of hydrogen-bond donors (Lipinski definition) is 1. The smallest absolute Gasteiger partial charge is 0.445 e. The average molecular weight is 257 g/mol. The second-order valence-corrected chi connectivity index (χ2v) is 4.52. The van der Waals surface area contributed by atoms with Gasteiger partial charge in [-0.3, -0.25) is 0 Å². The van der Waals surface area contributed by atoms with Gasteiger partial charge < -0.3 is 12.9 Å². The maximum atomic E-state index is 13.0. The highest BCUT2D eigenvalue weighted by atomic mass is 32.1. The van der Waals surface area contributed by atoms with Crippen molar-refractivity contribution in [2.75, 3.05) is 0 Å². The molecule has 0 radical (unpaired) electrons. The van der Waals surface area contributed by atoms with E-state index in [1.54, 1.807) is 6.92 Å². The fraction of sp³-hybridized carbons (Fsp3) is 0.333. The van der Waals surface area contributed by atoms with E-state index in [4.69, 9.17) is 6.42 Å². The number of hydrogen-bond acceptors (Lipinski definition) is 1. The second-order valence-electron chi connectivity index (χ2n) is 4.07. The Hall–Kier alpha value is -1.02. The van der Waals surface area contributed by atoms with Gasteiger partial charge in [0.25, 0.3) is 0 Å². The molecule has 0 amide bonds. The first-order chi connectivity index (χ1) is 7.71. The van der Waals surface area contributed by atoms with Gasteiger partial charge >= 0.3 is 6.98 Å². The van der Waals surface area contributed by atoms with Gasteiger partial charge in [-0.15, -0.1) is 30.4 Å². The molecule has 0 aromatic heterocycles. The molecule has 5 heteroatoms. The zero-order valence-electron chi connectivity index (χ0n) is 9.94. The summed E-state index contributed by atoms with van der Waals surface area (Å²) in [7, 11) is 0. The van der Waals surface area contributed by atoms with Crippen molar-refractivity contribution in [2.45, 2.75) is 32.1 Å². The Kier molecular flexibility index (Phi) is 3.88. The van der Waals surface area contributed by atoms with E-state index in [9.17, 15) is 12.9 Å². The van der Waals surface area contributed by atoms with Crippen LogP contribution in [-0.2, 0) is 6.42 Å². The van der Waals surface area contributed by atoms with Gasteiger partial charge in [0.1, 0.15) is 0 Å². The fourth-order valence-corrected chi connectivity index (χ4v) is 2.39. The van der Waals surface area contributed by atoms with E-state index in [0.29, 0.717) is 10.5 Å². The van der Waals surface area contributed by atoms with Gasteiger partial charge in [0.15, 0.2) is 0 Å². The molecule has 0 aliphatic rings. The van der Waals surface area contributed by atoms with Crippen LogP contribution < -0.4 is 5.46 Å². The van der Waals surface area contributed by atoms with Crippen molar-refractivity contribution in [1.82, 2.24) is 0 Å². The third kappa shape index (κ3) is 2.47. The Labute approximate surface area is 105 Å². The van der Waals surface area contributed by atoms with Crippen molar-refractivity contribution in [1.29, 1.82) is 0 Å². The van der Waals surface area contributed by atoms with Gasteiger partial charge in [0.2, 0.25) is 0 Å². The highest BCUT2D eigenvalue weighted by molar-refractivity contribution is 7.80. The summed E-state index contributed by atoms with van der Waals surface area (Å²) in [6, 6.07) is 0. The number of terminal acetylenes is 1. The normalized spacial score (nSPS) is 11.4. The molecule has 0 aliphatic carbocycles. The molecule has 0 unspecified atom stereocenters. The van der Waals surface area contributed by atoms with E-state index < -0.39 is 12.4 Å². The Morgan fingerprint density at radius 3 is 2.06 bits per heavy atom. The number of thiol groups is 1. The molecule has 1 aromatic carbocycles. The first-order valence-electron chi connectivity index (χ1n) is 5.16. The third-order valence-corrected chi connectivity index (χ3v) is 3.70. The van der Waals surface area contributed by atoms with Crippen LogP contribution in [0.1, 0.15) is 22.3 Å². The molecule has 0 bridgehead atoms. The molecule has 0 aliphatic heterocycles. The summed E-state index contributed by atoms with van der Waals surface area (Å²) in [5.74, 6) is 2.40. The van der Waals surface area contributed by atoms with Crippen LogP contribution in [0.3, 0.4) is 0 Å². The summed E-state index contributed by atoms with van der Waals surface area (Å²) in [5.41, 5.74) is 1.19. The first kappa shape index (κ1) is 14.0. The quantitative estimate of drug-likeness (QED) is 0.469. The van der Waals surface area contributed by atoms with E-state index in [-0.39, 0.29) is 17.5 Å². The Balaban J connectivity index is 3.69. The Morgan fingerprint density at radius 1 is 1.12 bits per heavy atom. The summed E-state index contributed by atoms with van der Waals surface area (Å²) >= 11 is 4.16. The molecular weight excluding hydrogens is 244 g/mol. The monoisotopic (exact) mass is 257 g/mol. The molecule has 1 aromatic rings. The predicted octanol–water partition coefficient (Wildman–Crippen LogP) is 3.13. The van der Waals surface area contributed by atoms with Crippen LogP contribution in [-0.4, -0.2) is 6.98 Å². The van der Waals surface area contributed by atoms with Crippen LogP contribution in [0.2, 0.25) is 0 Å². The predicted molar refractivity (Wildman–Crippen MR) is 69.2 cm³/mol. The Morgan fingerprint density at radius 2 is 1.65 bits per heavy atom. The number of benzene rings is 1. The van der Waals surface area contributed by atoms with Crippen molar-refractivity contribution in [3.05, 3.63) is 22.3 Å². The summed E-state index contributed by atoms with van der Waals surface area (Å²) in [4.78, 5) is 0.384. The third-order valence-electron chi connectivity index (χ3n) is 3.03. The van der Waals surface area contributed by atoms with Gasteiger partial charge in [-0.05, 0) is 31.9 Å². The van der Waals surface area contributed by atoms with Gasteiger partial charge in [0, 0.05) is 11.3 Å². The summed E-state index contributed by atoms with van der Waals surface area (Å²) in [5, 5.41) is 0. The zero-order valence-corrected chi connectivity index (χ0v) is 10.8. The van der Waals surface area contributed by atoms with Crippen molar-refractivity contribution >= 4 is 25.1 Å². The second kappa shape index (κ2) is 4.69. The van der Waals surface area contributed by atoms with E-state index >= 15 is 0 Å². The standard InChI is InChI=1S/C12H13BF3S/c1-5-6-10-7(2)11(13(14,15)16)9(4)12(17)8(10)3/h1,17H,6H2,2-4H3/q-1. The molecule has 0 spiro atoms. The van der Waals surface area contributed by atoms with Gasteiger partial charge in [-0.1, -0.05) is 11.1 Å². The maximum Gasteiger partial charge on any atom is 0.510 e. The van der Waals surface area contributed by atoms with E-state index in [2.05, 4.69) is 18.5 Å². The molecule has 0 nitrogen and oxygen atoms in total. The lowest BCUT2D eigenvalue weighted by Crippen LogP contribution is -2.39.